The SMILES string of the molecule is O=C(COC(=O)CCn1nnc2ccccc2c1=O)NC(=O)NCc1cccs1. The highest BCUT2D eigenvalue weighted by molar-refractivity contribution is 7.09. The molecule has 150 valence electrons. The summed E-state index contributed by atoms with van der Waals surface area (Å²) in [6.45, 7) is -0.361. The third-order valence-electron chi connectivity index (χ3n) is 3.78. The molecule has 0 aliphatic heterocycles. The summed E-state index contributed by atoms with van der Waals surface area (Å²) in [6, 6.07) is 9.75. The highest BCUT2D eigenvalue weighted by atomic mass is 32.1. The molecular formula is C18H17N5O5S. The lowest BCUT2D eigenvalue weighted by Crippen LogP contribution is -2.41. The number of urea groups is 1. The zero-order valence-electron chi connectivity index (χ0n) is 15.2. The van der Waals surface area contributed by atoms with Crippen molar-refractivity contribution in [2.75, 3.05) is 6.61 Å². The van der Waals surface area contributed by atoms with E-state index in [1.807, 2.05) is 17.5 Å². The van der Waals surface area contributed by atoms with Crippen molar-refractivity contribution < 1.29 is 19.1 Å². The molecule has 3 amide bonds. The summed E-state index contributed by atoms with van der Waals surface area (Å²) < 4.78 is 5.87. The van der Waals surface area contributed by atoms with E-state index >= 15 is 0 Å². The van der Waals surface area contributed by atoms with Gasteiger partial charge in [0.05, 0.1) is 24.9 Å². The van der Waals surface area contributed by atoms with Crippen molar-refractivity contribution in [3.63, 3.8) is 0 Å². The van der Waals surface area contributed by atoms with E-state index in [1.54, 1.807) is 24.3 Å². The highest BCUT2D eigenvalue weighted by Crippen LogP contribution is 2.07. The van der Waals surface area contributed by atoms with E-state index in [4.69, 9.17) is 4.74 Å². The van der Waals surface area contributed by atoms with E-state index in [0.29, 0.717) is 10.9 Å². The molecule has 29 heavy (non-hydrogen) atoms. The predicted octanol–water partition coefficient (Wildman–Crippen LogP) is 0.812. The van der Waals surface area contributed by atoms with E-state index < -0.39 is 24.5 Å². The number of nitrogens with one attached hydrogen (secondary N) is 2. The summed E-state index contributed by atoms with van der Waals surface area (Å²) in [7, 11) is 0. The number of aromatic nitrogens is 3. The number of rotatable bonds is 7. The number of benzene rings is 1. The fourth-order valence-corrected chi connectivity index (χ4v) is 3.02. The van der Waals surface area contributed by atoms with Gasteiger partial charge in [0.1, 0.15) is 5.52 Å². The first-order valence-electron chi connectivity index (χ1n) is 8.61. The summed E-state index contributed by atoms with van der Waals surface area (Å²) >= 11 is 1.47. The number of fused-ring (bicyclic) bond motifs is 1. The lowest BCUT2D eigenvalue weighted by atomic mass is 10.2. The largest absolute Gasteiger partial charge is 0.456 e. The number of nitrogens with zero attached hydrogens (tertiary/aromatic N) is 3. The number of carbonyl (C=O) groups excluding carboxylic acids is 3. The van der Waals surface area contributed by atoms with E-state index in [2.05, 4.69) is 20.9 Å². The third-order valence-corrected chi connectivity index (χ3v) is 4.65. The summed E-state index contributed by atoms with van der Waals surface area (Å²) in [5, 5.41) is 14.5. The number of amides is 3. The van der Waals surface area contributed by atoms with E-state index in [-0.39, 0.29) is 25.1 Å². The number of ether oxygens (including phenoxy) is 1. The Hall–Kier alpha value is -3.60. The van der Waals surface area contributed by atoms with Crippen molar-refractivity contribution in [1.29, 1.82) is 0 Å². The Bertz CT molecular complexity index is 1080. The number of hydrogen-bond donors (Lipinski definition) is 2. The molecule has 1 aromatic carbocycles. The molecule has 0 radical (unpaired) electrons. The molecule has 3 aromatic rings. The van der Waals surface area contributed by atoms with E-state index in [0.717, 1.165) is 9.56 Å². The van der Waals surface area contributed by atoms with Gasteiger partial charge in [-0.15, -0.1) is 16.4 Å². The Balaban J connectivity index is 1.40. The number of esters is 1. The average Bonchev–Trinajstić information content (AvgIpc) is 3.24. The average molecular weight is 415 g/mol. The highest BCUT2D eigenvalue weighted by Gasteiger charge is 2.12. The molecular weight excluding hydrogens is 398 g/mol. The van der Waals surface area contributed by atoms with Gasteiger partial charge in [-0.1, -0.05) is 23.4 Å². The molecule has 2 heterocycles. The van der Waals surface area contributed by atoms with Crippen LogP contribution in [0.5, 0.6) is 0 Å². The molecule has 11 heteroatoms. The minimum absolute atomic E-state index is 0.0432. The van der Waals surface area contributed by atoms with Gasteiger partial charge in [0.25, 0.3) is 11.5 Å². The van der Waals surface area contributed by atoms with Crippen LogP contribution in [0.3, 0.4) is 0 Å². The standard InChI is InChI=1S/C18H17N5O5S/c24-15(20-18(27)19-10-12-4-3-9-29-12)11-28-16(25)7-8-23-17(26)13-5-1-2-6-14(13)21-22-23/h1-6,9H,7-8,10-11H2,(H2,19,20,24,27). The molecule has 0 unspecified atom stereocenters. The van der Waals surface area contributed by atoms with Crippen LogP contribution in [0.1, 0.15) is 11.3 Å². The third kappa shape index (κ3) is 5.69. The maximum Gasteiger partial charge on any atom is 0.321 e. The molecule has 0 fully saturated rings. The minimum atomic E-state index is -0.760. The predicted molar refractivity (Wildman–Crippen MR) is 104 cm³/mol. The Kier molecular flexibility index (Phi) is 6.63. The first kappa shape index (κ1) is 20.1. The van der Waals surface area contributed by atoms with Crippen molar-refractivity contribution in [2.45, 2.75) is 19.5 Å². The Morgan fingerprint density at radius 1 is 1.14 bits per heavy atom. The molecule has 10 nitrogen and oxygen atoms in total. The number of aryl methyl sites for hydroxylation is 1. The van der Waals surface area contributed by atoms with Gasteiger partial charge < -0.3 is 10.1 Å². The molecule has 0 aliphatic rings. The molecule has 0 spiro atoms. The van der Waals surface area contributed by atoms with Crippen LogP contribution in [-0.4, -0.2) is 39.5 Å². The maximum absolute atomic E-state index is 12.3. The van der Waals surface area contributed by atoms with Crippen LogP contribution >= 0.6 is 11.3 Å². The number of carbonyl (C=O) groups is 3. The first-order valence-corrected chi connectivity index (χ1v) is 9.49. The monoisotopic (exact) mass is 415 g/mol. The quantitative estimate of drug-likeness (QED) is 0.546. The minimum Gasteiger partial charge on any atom is -0.456 e. The Labute approximate surface area is 168 Å². The molecule has 0 saturated heterocycles. The fraction of sp³-hybridized carbons (Fsp3) is 0.222. The second kappa shape index (κ2) is 9.55. The van der Waals surface area contributed by atoms with Crippen LogP contribution < -0.4 is 16.2 Å². The van der Waals surface area contributed by atoms with Gasteiger partial charge in [-0.3, -0.25) is 19.7 Å². The lowest BCUT2D eigenvalue weighted by Gasteiger charge is -2.07. The molecule has 0 saturated carbocycles. The van der Waals surface area contributed by atoms with Crippen molar-refractivity contribution in [2.24, 2.45) is 0 Å². The van der Waals surface area contributed by atoms with Crippen molar-refractivity contribution in [1.82, 2.24) is 25.6 Å². The van der Waals surface area contributed by atoms with Gasteiger partial charge in [0.15, 0.2) is 6.61 Å². The molecule has 2 N–H and O–H groups in total. The molecule has 0 atom stereocenters. The Morgan fingerprint density at radius 3 is 2.76 bits per heavy atom. The van der Waals surface area contributed by atoms with Crippen LogP contribution in [0.4, 0.5) is 4.79 Å². The van der Waals surface area contributed by atoms with Crippen LogP contribution in [-0.2, 0) is 27.4 Å². The maximum atomic E-state index is 12.3. The van der Waals surface area contributed by atoms with Gasteiger partial charge in [0, 0.05) is 4.88 Å². The van der Waals surface area contributed by atoms with Gasteiger partial charge in [0.2, 0.25) is 0 Å². The summed E-state index contributed by atoms with van der Waals surface area (Å²) in [6.07, 6.45) is -0.176. The summed E-state index contributed by atoms with van der Waals surface area (Å²) in [4.78, 5) is 48.3. The zero-order valence-corrected chi connectivity index (χ0v) is 16.0. The van der Waals surface area contributed by atoms with Crippen molar-refractivity contribution >= 4 is 40.1 Å². The first-order chi connectivity index (χ1) is 14.0. The van der Waals surface area contributed by atoms with Crippen molar-refractivity contribution in [3.8, 4) is 0 Å². The zero-order chi connectivity index (χ0) is 20.6. The van der Waals surface area contributed by atoms with Crippen LogP contribution in [0.2, 0.25) is 0 Å². The molecule has 0 aliphatic carbocycles. The fourth-order valence-electron chi connectivity index (χ4n) is 2.37. The van der Waals surface area contributed by atoms with Crippen LogP contribution in [0.25, 0.3) is 10.9 Å². The number of imide groups is 1. The molecule has 0 bridgehead atoms. The number of thiophene rings is 1. The van der Waals surface area contributed by atoms with Crippen molar-refractivity contribution in [3.05, 3.63) is 57.0 Å². The Morgan fingerprint density at radius 2 is 1.97 bits per heavy atom. The van der Waals surface area contributed by atoms with E-state index in [9.17, 15) is 19.2 Å². The summed E-state index contributed by atoms with van der Waals surface area (Å²) in [5.41, 5.74) is 0.0916. The second-order valence-corrected chi connectivity index (χ2v) is 6.89. The number of hydrogen-bond acceptors (Lipinski definition) is 8. The van der Waals surface area contributed by atoms with Crippen LogP contribution in [0, 0.1) is 0 Å². The summed E-state index contributed by atoms with van der Waals surface area (Å²) in [5.74, 6) is -1.47. The normalized spacial score (nSPS) is 10.5. The van der Waals surface area contributed by atoms with Gasteiger partial charge in [-0.05, 0) is 23.6 Å². The topological polar surface area (TPSA) is 132 Å². The lowest BCUT2D eigenvalue weighted by molar-refractivity contribution is -0.148. The van der Waals surface area contributed by atoms with E-state index in [1.165, 1.54) is 11.3 Å². The van der Waals surface area contributed by atoms with Gasteiger partial charge in [-0.2, -0.15) is 0 Å². The second-order valence-electron chi connectivity index (χ2n) is 5.86. The van der Waals surface area contributed by atoms with Crippen LogP contribution in [0.15, 0.2) is 46.6 Å². The van der Waals surface area contributed by atoms with Gasteiger partial charge in [-0.25, -0.2) is 9.48 Å². The molecule has 2 aromatic heterocycles. The van der Waals surface area contributed by atoms with Gasteiger partial charge >= 0.3 is 12.0 Å². The smallest absolute Gasteiger partial charge is 0.321 e. The molecule has 3 rings (SSSR count).